The maximum Gasteiger partial charge on any atom is 0.271 e. The van der Waals surface area contributed by atoms with Crippen LogP contribution in [0.25, 0.3) is 6.08 Å². The fraction of sp³-hybridized carbons (Fsp3) is 0.562. The summed E-state index contributed by atoms with van der Waals surface area (Å²) >= 11 is 0. The van der Waals surface area contributed by atoms with Crippen LogP contribution in [0.1, 0.15) is 41.7 Å². The molecule has 22 heavy (non-hydrogen) atoms. The summed E-state index contributed by atoms with van der Waals surface area (Å²) in [5.41, 5.74) is 1.65. The standard InChI is InChI=1S/C16H21N3O3/c1-22-15-12(3-2-11-9-16(10-11)4-5-16)8-13(18-19-15)14(21)17-6-7-20/h2-3,8,11,20H,4-7,9-10H2,1H3,(H,17,21)/b3-2+. The van der Waals surface area contributed by atoms with E-state index in [9.17, 15) is 4.79 Å². The molecule has 2 aliphatic rings. The van der Waals surface area contributed by atoms with Crippen LogP contribution in [0.5, 0.6) is 5.88 Å². The van der Waals surface area contributed by atoms with Gasteiger partial charge < -0.3 is 15.2 Å². The number of rotatable bonds is 6. The van der Waals surface area contributed by atoms with Gasteiger partial charge in [-0.05, 0) is 43.1 Å². The van der Waals surface area contributed by atoms with Gasteiger partial charge in [0.1, 0.15) is 0 Å². The zero-order valence-corrected chi connectivity index (χ0v) is 12.7. The number of hydrogen-bond acceptors (Lipinski definition) is 5. The first-order valence-corrected chi connectivity index (χ1v) is 7.65. The van der Waals surface area contributed by atoms with E-state index in [1.165, 1.54) is 32.8 Å². The van der Waals surface area contributed by atoms with Crippen LogP contribution < -0.4 is 10.1 Å². The second kappa shape index (κ2) is 6.04. The third-order valence-corrected chi connectivity index (χ3v) is 4.51. The number of nitrogens with one attached hydrogen (secondary N) is 1. The second-order valence-corrected chi connectivity index (χ2v) is 6.20. The van der Waals surface area contributed by atoms with Gasteiger partial charge in [-0.25, -0.2) is 0 Å². The molecule has 2 fully saturated rings. The molecule has 2 saturated carbocycles. The van der Waals surface area contributed by atoms with E-state index in [1.54, 1.807) is 6.07 Å². The van der Waals surface area contributed by atoms with Gasteiger partial charge in [-0.3, -0.25) is 4.79 Å². The fourth-order valence-corrected chi connectivity index (χ4v) is 3.06. The third kappa shape index (κ3) is 3.11. The van der Waals surface area contributed by atoms with Crippen molar-refractivity contribution in [2.24, 2.45) is 11.3 Å². The maximum absolute atomic E-state index is 11.9. The molecule has 118 valence electrons. The van der Waals surface area contributed by atoms with E-state index in [1.807, 2.05) is 6.08 Å². The normalized spacial score (nSPS) is 19.2. The van der Waals surface area contributed by atoms with E-state index in [4.69, 9.17) is 9.84 Å². The number of allylic oxidation sites excluding steroid dienone is 1. The Bertz CT molecular complexity index is 588. The predicted molar refractivity (Wildman–Crippen MR) is 81.4 cm³/mol. The van der Waals surface area contributed by atoms with Crippen molar-refractivity contribution in [1.82, 2.24) is 15.5 Å². The van der Waals surface area contributed by atoms with Gasteiger partial charge in [0, 0.05) is 12.1 Å². The number of hydrogen-bond donors (Lipinski definition) is 2. The molecule has 0 saturated heterocycles. The minimum atomic E-state index is -0.348. The van der Waals surface area contributed by atoms with Crippen molar-refractivity contribution in [1.29, 1.82) is 0 Å². The zero-order chi connectivity index (χ0) is 15.6. The summed E-state index contributed by atoms with van der Waals surface area (Å²) in [5, 5.41) is 19.1. The van der Waals surface area contributed by atoms with Gasteiger partial charge >= 0.3 is 0 Å². The summed E-state index contributed by atoms with van der Waals surface area (Å²) in [6.45, 7) is 0.0907. The molecule has 1 aromatic rings. The summed E-state index contributed by atoms with van der Waals surface area (Å²) < 4.78 is 5.20. The lowest BCUT2D eigenvalue weighted by Crippen LogP contribution is -2.27. The number of carbonyl (C=O) groups is 1. The van der Waals surface area contributed by atoms with Crippen LogP contribution >= 0.6 is 0 Å². The van der Waals surface area contributed by atoms with E-state index in [0.717, 1.165) is 5.56 Å². The van der Waals surface area contributed by atoms with Crippen molar-refractivity contribution in [3.05, 3.63) is 23.4 Å². The molecule has 0 atom stereocenters. The Balaban J connectivity index is 1.70. The van der Waals surface area contributed by atoms with Crippen LogP contribution in [-0.4, -0.2) is 41.5 Å². The molecule has 3 rings (SSSR count). The molecule has 6 heteroatoms. The first-order chi connectivity index (χ1) is 10.7. The maximum atomic E-state index is 11.9. The number of amides is 1. The highest BCUT2D eigenvalue weighted by Crippen LogP contribution is 2.63. The van der Waals surface area contributed by atoms with Gasteiger partial charge in [0.15, 0.2) is 5.69 Å². The van der Waals surface area contributed by atoms with Crippen molar-refractivity contribution in [3.63, 3.8) is 0 Å². The zero-order valence-electron chi connectivity index (χ0n) is 12.7. The van der Waals surface area contributed by atoms with Gasteiger partial charge in [0.05, 0.1) is 13.7 Å². The van der Waals surface area contributed by atoms with E-state index < -0.39 is 0 Å². The van der Waals surface area contributed by atoms with Crippen LogP contribution in [0, 0.1) is 11.3 Å². The summed E-state index contributed by atoms with van der Waals surface area (Å²) in [5.74, 6) is 0.682. The van der Waals surface area contributed by atoms with E-state index in [0.29, 0.717) is 17.2 Å². The number of aromatic nitrogens is 2. The van der Waals surface area contributed by atoms with Crippen LogP contribution in [0.15, 0.2) is 12.1 Å². The molecule has 0 radical (unpaired) electrons. The molecule has 1 amide bonds. The molecule has 2 N–H and O–H groups in total. The third-order valence-electron chi connectivity index (χ3n) is 4.51. The van der Waals surface area contributed by atoms with Gasteiger partial charge in [-0.1, -0.05) is 12.2 Å². The lowest BCUT2D eigenvalue weighted by atomic mass is 9.72. The number of methoxy groups -OCH3 is 1. The SMILES string of the molecule is COc1nnc(C(=O)NCCO)cc1/C=C/C1CC2(CC2)C1. The molecule has 0 aromatic carbocycles. The van der Waals surface area contributed by atoms with Gasteiger partial charge in [0.2, 0.25) is 5.88 Å². The van der Waals surface area contributed by atoms with Crippen molar-refractivity contribution in [2.75, 3.05) is 20.3 Å². The Hall–Kier alpha value is -1.95. The van der Waals surface area contributed by atoms with Gasteiger partial charge in [-0.15, -0.1) is 10.2 Å². The number of nitrogens with zero attached hydrogens (tertiary/aromatic N) is 2. The van der Waals surface area contributed by atoms with Gasteiger partial charge in [-0.2, -0.15) is 0 Å². The summed E-state index contributed by atoms with van der Waals surface area (Å²) in [4.78, 5) is 11.9. The quantitative estimate of drug-likeness (QED) is 0.830. The largest absolute Gasteiger partial charge is 0.479 e. The summed E-state index contributed by atoms with van der Waals surface area (Å²) in [6, 6.07) is 1.67. The number of aliphatic hydroxyl groups is 1. The summed E-state index contributed by atoms with van der Waals surface area (Å²) in [6.07, 6.45) is 9.45. The molecule has 0 unspecified atom stereocenters. The van der Waals surface area contributed by atoms with E-state index >= 15 is 0 Å². The molecule has 6 nitrogen and oxygen atoms in total. The van der Waals surface area contributed by atoms with Crippen molar-refractivity contribution < 1.29 is 14.6 Å². The average Bonchev–Trinajstić information content (AvgIpc) is 3.30. The molecule has 1 heterocycles. The Morgan fingerprint density at radius 1 is 1.50 bits per heavy atom. The summed E-state index contributed by atoms with van der Waals surface area (Å²) in [7, 11) is 1.54. The lowest BCUT2D eigenvalue weighted by molar-refractivity contribution is 0.0938. The minimum Gasteiger partial charge on any atom is -0.479 e. The van der Waals surface area contributed by atoms with Crippen LogP contribution in [0.4, 0.5) is 0 Å². The highest BCUT2D eigenvalue weighted by Gasteiger charge is 2.51. The Morgan fingerprint density at radius 2 is 2.27 bits per heavy atom. The Labute approximate surface area is 129 Å². The molecule has 0 bridgehead atoms. The monoisotopic (exact) mass is 303 g/mol. The first kappa shape index (κ1) is 15.0. The average molecular weight is 303 g/mol. The molecule has 1 spiro atoms. The van der Waals surface area contributed by atoms with E-state index in [-0.39, 0.29) is 24.8 Å². The van der Waals surface area contributed by atoms with Crippen LogP contribution in [0.2, 0.25) is 0 Å². The lowest BCUT2D eigenvalue weighted by Gasteiger charge is -2.33. The fourth-order valence-electron chi connectivity index (χ4n) is 3.06. The topological polar surface area (TPSA) is 84.3 Å². The Kier molecular flexibility index (Phi) is 4.11. The molecule has 0 aliphatic heterocycles. The number of aliphatic hydroxyl groups excluding tert-OH is 1. The van der Waals surface area contributed by atoms with Crippen LogP contribution in [0.3, 0.4) is 0 Å². The van der Waals surface area contributed by atoms with Crippen molar-refractivity contribution in [3.8, 4) is 5.88 Å². The minimum absolute atomic E-state index is 0.106. The van der Waals surface area contributed by atoms with Gasteiger partial charge in [0.25, 0.3) is 5.91 Å². The molecular weight excluding hydrogens is 282 g/mol. The highest BCUT2D eigenvalue weighted by atomic mass is 16.5. The van der Waals surface area contributed by atoms with Crippen LogP contribution in [-0.2, 0) is 0 Å². The smallest absolute Gasteiger partial charge is 0.271 e. The number of carbonyl (C=O) groups excluding carboxylic acids is 1. The first-order valence-electron chi connectivity index (χ1n) is 7.65. The Morgan fingerprint density at radius 3 is 2.91 bits per heavy atom. The van der Waals surface area contributed by atoms with E-state index in [2.05, 4.69) is 21.6 Å². The number of ether oxygens (including phenoxy) is 1. The highest BCUT2D eigenvalue weighted by molar-refractivity contribution is 5.92. The van der Waals surface area contributed by atoms with Crippen molar-refractivity contribution >= 4 is 12.0 Å². The van der Waals surface area contributed by atoms with Crippen molar-refractivity contribution in [2.45, 2.75) is 25.7 Å². The molecular formula is C16H21N3O3. The molecule has 2 aliphatic carbocycles. The molecule has 1 aromatic heterocycles. The second-order valence-electron chi connectivity index (χ2n) is 6.20. The predicted octanol–water partition coefficient (Wildman–Crippen LogP) is 1.41.